The summed E-state index contributed by atoms with van der Waals surface area (Å²) < 4.78 is 41.6. The Morgan fingerprint density at radius 1 is 1.13 bits per heavy atom. The quantitative estimate of drug-likeness (QED) is 0.364. The van der Waals surface area contributed by atoms with E-state index in [0.717, 1.165) is 24.2 Å². The molecule has 0 N–H and O–H groups in total. The van der Waals surface area contributed by atoms with Gasteiger partial charge in [0.05, 0.1) is 17.1 Å². The number of halogens is 3. The normalized spacial score (nSPS) is 12.3. The van der Waals surface area contributed by atoms with E-state index in [-0.39, 0.29) is 16.7 Å². The molecule has 0 saturated heterocycles. The number of aromatic nitrogens is 6. The van der Waals surface area contributed by atoms with Crippen molar-refractivity contribution in [1.29, 1.82) is 0 Å². The van der Waals surface area contributed by atoms with Gasteiger partial charge in [-0.05, 0) is 42.8 Å². The summed E-state index contributed by atoms with van der Waals surface area (Å²) in [5.74, 6) is 0.639. The van der Waals surface area contributed by atoms with Crippen molar-refractivity contribution in [2.45, 2.75) is 37.1 Å². The minimum absolute atomic E-state index is 0.103. The van der Waals surface area contributed by atoms with E-state index in [1.807, 2.05) is 26.0 Å². The second-order valence-corrected chi connectivity index (χ2v) is 7.81. The highest BCUT2D eigenvalue weighted by Crippen LogP contribution is 2.38. The van der Waals surface area contributed by atoms with Crippen molar-refractivity contribution in [1.82, 2.24) is 29.6 Å². The van der Waals surface area contributed by atoms with Crippen LogP contribution in [0.5, 0.6) is 0 Å². The molecule has 1 aromatic carbocycles. The number of hydrogen-bond donors (Lipinski definition) is 0. The zero-order chi connectivity index (χ0) is 22.0. The van der Waals surface area contributed by atoms with E-state index in [0.29, 0.717) is 22.7 Å². The first-order valence-corrected chi connectivity index (χ1v) is 10.5. The lowest BCUT2D eigenvalue weighted by Crippen LogP contribution is -2.08. The Morgan fingerprint density at radius 3 is 2.71 bits per heavy atom. The molecule has 4 rings (SSSR count). The first-order chi connectivity index (χ1) is 14.9. The lowest BCUT2D eigenvalue weighted by Gasteiger charge is -2.07. The Labute approximate surface area is 180 Å². The molecule has 3 aromatic heterocycles. The average Bonchev–Trinajstić information content (AvgIpc) is 3.35. The molecule has 0 unspecified atom stereocenters. The van der Waals surface area contributed by atoms with Crippen LogP contribution in [-0.2, 0) is 6.42 Å². The Hall–Kier alpha value is -3.14. The second-order valence-electron chi connectivity index (χ2n) is 6.68. The predicted octanol–water partition coefficient (Wildman–Crippen LogP) is 5.57. The van der Waals surface area contributed by atoms with Gasteiger partial charge in [-0.2, -0.15) is 27.5 Å². The zero-order valence-corrected chi connectivity index (χ0v) is 17.7. The predicted molar refractivity (Wildman–Crippen MR) is 114 cm³/mol. The Bertz CT molecular complexity index is 1240. The molecule has 160 valence electrons. The Balaban J connectivity index is 1.80. The van der Waals surface area contributed by atoms with Gasteiger partial charge in [-0.15, -0.1) is 5.10 Å². The van der Waals surface area contributed by atoms with Crippen molar-refractivity contribution in [3.05, 3.63) is 60.1 Å². The molecule has 3 heterocycles. The van der Waals surface area contributed by atoms with Gasteiger partial charge in [0.2, 0.25) is 0 Å². The number of benzene rings is 1. The molecule has 0 bridgehead atoms. The molecule has 0 aliphatic heterocycles. The highest BCUT2D eigenvalue weighted by Gasteiger charge is 2.29. The van der Waals surface area contributed by atoms with Gasteiger partial charge in [-0.25, -0.2) is 4.98 Å². The van der Waals surface area contributed by atoms with Crippen LogP contribution in [-0.4, -0.2) is 35.1 Å². The molecular weight excluding hydrogens is 425 g/mol. The molecule has 0 spiro atoms. The largest absolute Gasteiger partial charge is 0.446 e. The van der Waals surface area contributed by atoms with Crippen LogP contribution in [0.2, 0.25) is 0 Å². The summed E-state index contributed by atoms with van der Waals surface area (Å²) in [6.07, 6.45) is 7.26. The third-order valence-electron chi connectivity index (χ3n) is 4.54. The summed E-state index contributed by atoms with van der Waals surface area (Å²) in [7, 11) is 0. The lowest BCUT2D eigenvalue weighted by molar-refractivity contribution is -0.0328. The van der Waals surface area contributed by atoms with Crippen molar-refractivity contribution in [3.63, 3.8) is 0 Å². The van der Waals surface area contributed by atoms with E-state index in [9.17, 15) is 13.2 Å². The van der Waals surface area contributed by atoms with Crippen LogP contribution in [0.25, 0.3) is 28.8 Å². The lowest BCUT2D eigenvalue weighted by atomic mass is 10.1. The second kappa shape index (κ2) is 8.54. The molecule has 4 aromatic rings. The van der Waals surface area contributed by atoms with Gasteiger partial charge in [0.25, 0.3) is 0 Å². The minimum atomic E-state index is -4.35. The number of alkyl halides is 3. The van der Waals surface area contributed by atoms with Gasteiger partial charge in [0.1, 0.15) is 0 Å². The fraction of sp³-hybridized carbons (Fsp3) is 0.238. The van der Waals surface area contributed by atoms with E-state index >= 15 is 0 Å². The number of rotatable bonds is 6. The van der Waals surface area contributed by atoms with Crippen LogP contribution in [0.4, 0.5) is 13.2 Å². The van der Waals surface area contributed by atoms with Gasteiger partial charge in [0, 0.05) is 28.8 Å². The number of hydrogen-bond acceptors (Lipinski definition) is 5. The summed E-state index contributed by atoms with van der Waals surface area (Å²) in [5, 5.41) is 13.2. The first kappa shape index (κ1) is 21.1. The molecule has 0 radical (unpaired) electrons. The van der Waals surface area contributed by atoms with Crippen molar-refractivity contribution < 1.29 is 13.2 Å². The molecule has 0 amide bonds. The van der Waals surface area contributed by atoms with E-state index < -0.39 is 5.51 Å². The SMILES string of the molecule is CC/C=C\c1c(CC)nnn1-c1ccnc2cc(-c3cccc(SC(F)(F)F)c3)nn12. The maximum atomic E-state index is 12.8. The van der Waals surface area contributed by atoms with Gasteiger partial charge in [-0.3, -0.25) is 0 Å². The summed E-state index contributed by atoms with van der Waals surface area (Å²) in [6, 6.07) is 9.72. The van der Waals surface area contributed by atoms with Gasteiger partial charge in [-0.1, -0.05) is 37.3 Å². The number of nitrogens with zero attached hydrogens (tertiary/aromatic N) is 6. The summed E-state index contributed by atoms with van der Waals surface area (Å²) in [5.41, 5.74) is -0.980. The summed E-state index contributed by atoms with van der Waals surface area (Å²) in [4.78, 5) is 4.45. The minimum Gasteiger partial charge on any atom is -0.237 e. The van der Waals surface area contributed by atoms with E-state index in [4.69, 9.17) is 0 Å². The number of aryl methyl sites for hydroxylation is 1. The molecule has 10 heteroatoms. The average molecular weight is 444 g/mol. The van der Waals surface area contributed by atoms with Crippen molar-refractivity contribution in [2.75, 3.05) is 0 Å². The van der Waals surface area contributed by atoms with Gasteiger partial charge >= 0.3 is 5.51 Å². The topological polar surface area (TPSA) is 60.9 Å². The van der Waals surface area contributed by atoms with Crippen molar-refractivity contribution in [3.8, 4) is 17.1 Å². The van der Waals surface area contributed by atoms with Crippen molar-refractivity contribution in [2.24, 2.45) is 0 Å². The van der Waals surface area contributed by atoms with E-state index in [2.05, 4.69) is 20.4 Å². The number of allylic oxidation sites excluding steroid dienone is 1. The smallest absolute Gasteiger partial charge is 0.237 e. The molecule has 0 aliphatic rings. The molecule has 31 heavy (non-hydrogen) atoms. The third kappa shape index (κ3) is 4.48. The highest BCUT2D eigenvalue weighted by molar-refractivity contribution is 8.00. The molecule has 6 nitrogen and oxygen atoms in total. The van der Waals surface area contributed by atoms with Crippen LogP contribution < -0.4 is 0 Å². The van der Waals surface area contributed by atoms with Crippen LogP contribution in [0.1, 0.15) is 31.7 Å². The molecule has 0 fully saturated rings. The zero-order valence-electron chi connectivity index (χ0n) is 16.8. The molecular formula is C21H19F3N6S. The third-order valence-corrected chi connectivity index (χ3v) is 5.26. The maximum Gasteiger partial charge on any atom is 0.446 e. The Morgan fingerprint density at radius 2 is 1.97 bits per heavy atom. The van der Waals surface area contributed by atoms with Crippen LogP contribution in [0, 0.1) is 0 Å². The monoisotopic (exact) mass is 444 g/mol. The first-order valence-electron chi connectivity index (χ1n) is 9.72. The Kier molecular flexibility index (Phi) is 5.81. The van der Waals surface area contributed by atoms with Gasteiger partial charge < -0.3 is 0 Å². The van der Waals surface area contributed by atoms with Crippen molar-refractivity contribution >= 4 is 23.5 Å². The standard InChI is InChI=1S/C21H19F3N6S/c1-3-5-9-18-16(4-2)26-28-29(18)20-10-11-25-19-13-17(27-30(19)20)14-7-6-8-15(12-14)31-21(22,23)24/h5-13H,3-4H2,1-2H3/b9-5-. The van der Waals surface area contributed by atoms with Crippen LogP contribution in [0.15, 0.2) is 53.6 Å². The number of fused-ring (bicyclic) bond motifs is 1. The number of thioether (sulfide) groups is 1. The molecule has 0 saturated carbocycles. The van der Waals surface area contributed by atoms with Crippen LogP contribution in [0.3, 0.4) is 0 Å². The van der Waals surface area contributed by atoms with E-state index in [1.165, 1.54) is 12.1 Å². The van der Waals surface area contributed by atoms with E-state index in [1.54, 1.807) is 39.7 Å². The molecule has 0 atom stereocenters. The molecule has 0 aliphatic carbocycles. The summed E-state index contributed by atoms with van der Waals surface area (Å²) >= 11 is -0.149. The van der Waals surface area contributed by atoms with Crippen LogP contribution >= 0.6 is 11.8 Å². The highest BCUT2D eigenvalue weighted by atomic mass is 32.2. The summed E-state index contributed by atoms with van der Waals surface area (Å²) in [6.45, 7) is 4.06. The van der Waals surface area contributed by atoms with Gasteiger partial charge in [0.15, 0.2) is 11.5 Å². The fourth-order valence-corrected chi connectivity index (χ4v) is 3.77. The fourth-order valence-electron chi connectivity index (χ4n) is 3.17. The maximum absolute atomic E-state index is 12.8.